The molecule has 0 aliphatic carbocycles. The molecule has 0 radical (unpaired) electrons. The molecule has 1 N–H and O–H groups in total. The van der Waals surface area contributed by atoms with Crippen LogP contribution in [0.15, 0.2) is 36.5 Å². The third kappa shape index (κ3) is 3.72. The Morgan fingerprint density at radius 3 is 2.36 bits per heavy atom. The lowest BCUT2D eigenvalue weighted by atomic mass is 10.2. The molecule has 22 heavy (non-hydrogen) atoms. The standard InChI is InChI=1S/C14H13F3N4O/c1-9(22)21(2)11-5-3-10(4-6-11)19-13-18-8-7-12(20-13)14(15,16)17/h3-8H,1-2H3,(H,18,19,20). The summed E-state index contributed by atoms with van der Waals surface area (Å²) in [5.74, 6) is -0.274. The van der Waals surface area contributed by atoms with Crippen LogP contribution in [0.4, 0.5) is 30.5 Å². The van der Waals surface area contributed by atoms with E-state index in [1.54, 1.807) is 31.3 Å². The summed E-state index contributed by atoms with van der Waals surface area (Å²) in [4.78, 5) is 19.8. The molecular weight excluding hydrogens is 297 g/mol. The van der Waals surface area contributed by atoms with Crippen LogP contribution in [0.1, 0.15) is 12.6 Å². The van der Waals surface area contributed by atoms with E-state index in [1.165, 1.54) is 11.8 Å². The van der Waals surface area contributed by atoms with Crippen LogP contribution in [-0.2, 0) is 11.0 Å². The van der Waals surface area contributed by atoms with Gasteiger partial charge in [-0.3, -0.25) is 4.79 Å². The number of hydrogen-bond acceptors (Lipinski definition) is 4. The largest absolute Gasteiger partial charge is 0.433 e. The second-order valence-electron chi connectivity index (χ2n) is 4.51. The van der Waals surface area contributed by atoms with Crippen molar-refractivity contribution in [2.45, 2.75) is 13.1 Å². The number of aromatic nitrogens is 2. The highest BCUT2D eigenvalue weighted by molar-refractivity contribution is 5.91. The summed E-state index contributed by atoms with van der Waals surface area (Å²) < 4.78 is 37.7. The monoisotopic (exact) mass is 310 g/mol. The van der Waals surface area contributed by atoms with Crippen LogP contribution in [0, 0.1) is 0 Å². The lowest BCUT2D eigenvalue weighted by Gasteiger charge is -2.15. The van der Waals surface area contributed by atoms with Crippen LogP contribution in [0.5, 0.6) is 0 Å². The Kier molecular flexibility index (Phi) is 4.30. The normalized spacial score (nSPS) is 11.1. The number of nitrogens with one attached hydrogen (secondary N) is 1. The number of amides is 1. The van der Waals surface area contributed by atoms with Crippen LogP contribution in [0.2, 0.25) is 0 Å². The van der Waals surface area contributed by atoms with Crippen LogP contribution in [0.25, 0.3) is 0 Å². The molecule has 0 bridgehead atoms. The fourth-order valence-corrected chi connectivity index (χ4v) is 1.66. The number of carbonyl (C=O) groups excluding carboxylic acids is 1. The Morgan fingerprint density at radius 2 is 1.82 bits per heavy atom. The van der Waals surface area contributed by atoms with Crippen LogP contribution >= 0.6 is 0 Å². The average molecular weight is 310 g/mol. The molecule has 0 atom stereocenters. The quantitative estimate of drug-likeness (QED) is 0.945. The van der Waals surface area contributed by atoms with Crippen molar-refractivity contribution in [2.24, 2.45) is 0 Å². The maximum Gasteiger partial charge on any atom is 0.433 e. The van der Waals surface area contributed by atoms with Gasteiger partial charge in [-0.25, -0.2) is 9.97 Å². The molecule has 0 fully saturated rings. The molecule has 1 heterocycles. The molecule has 0 aliphatic rings. The van der Waals surface area contributed by atoms with Gasteiger partial charge in [0.2, 0.25) is 11.9 Å². The molecule has 1 aromatic carbocycles. The van der Waals surface area contributed by atoms with Gasteiger partial charge in [0.1, 0.15) is 5.69 Å². The molecule has 2 rings (SSSR count). The number of nitrogens with zero attached hydrogens (tertiary/aromatic N) is 3. The Bertz CT molecular complexity index is 671. The first-order chi connectivity index (χ1) is 10.3. The molecule has 0 aliphatic heterocycles. The lowest BCUT2D eigenvalue weighted by molar-refractivity contribution is -0.141. The fourth-order valence-electron chi connectivity index (χ4n) is 1.66. The zero-order chi connectivity index (χ0) is 16.3. The Balaban J connectivity index is 2.16. The van der Waals surface area contributed by atoms with Crippen molar-refractivity contribution in [1.82, 2.24) is 9.97 Å². The predicted molar refractivity (Wildman–Crippen MR) is 75.8 cm³/mol. The molecule has 116 valence electrons. The highest BCUT2D eigenvalue weighted by atomic mass is 19.4. The number of alkyl halides is 3. The summed E-state index contributed by atoms with van der Waals surface area (Å²) >= 11 is 0. The van der Waals surface area contributed by atoms with E-state index in [0.29, 0.717) is 11.4 Å². The van der Waals surface area contributed by atoms with Crippen molar-refractivity contribution in [3.63, 3.8) is 0 Å². The molecule has 1 aromatic heterocycles. The molecule has 1 amide bonds. The number of rotatable bonds is 3. The van der Waals surface area contributed by atoms with E-state index in [9.17, 15) is 18.0 Å². The zero-order valence-corrected chi connectivity index (χ0v) is 11.8. The number of hydrogen-bond donors (Lipinski definition) is 1. The molecule has 0 saturated carbocycles. The first kappa shape index (κ1) is 15.7. The second kappa shape index (κ2) is 6.00. The van der Waals surface area contributed by atoms with Gasteiger partial charge in [-0.1, -0.05) is 0 Å². The molecule has 2 aromatic rings. The summed E-state index contributed by atoms with van der Waals surface area (Å²) in [5.41, 5.74) is 0.168. The Hall–Kier alpha value is -2.64. The van der Waals surface area contributed by atoms with E-state index in [4.69, 9.17) is 0 Å². The highest BCUT2D eigenvalue weighted by Crippen LogP contribution is 2.28. The van der Waals surface area contributed by atoms with Gasteiger partial charge in [0, 0.05) is 31.5 Å². The van der Waals surface area contributed by atoms with Gasteiger partial charge in [0.05, 0.1) is 0 Å². The number of benzene rings is 1. The molecule has 0 saturated heterocycles. The minimum absolute atomic E-state index is 0.123. The van der Waals surface area contributed by atoms with Crippen molar-refractivity contribution in [3.05, 3.63) is 42.2 Å². The zero-order valence-electron chi connectivity index (χ0n) is 11.8. The average Bonchev–Trinajstić information content (AvgIpc) is 2.46. The lowest BCUT2D eigenvalue weighted by Crippen LogP contribution is -2.22. The van der Waals surface area contributed by atoms with Gasteiger partial charge >= 0.3 is 6.18 Å². The molecule has 5 nitrogen and oxygen atoms in total. The van der Waals surface area contributed by atoms with Gasteiger partial charge in [-0.2, -0.15) is 13.2 Å². The van der Waals surface area contributed by atoms with Gasteiger partial charge in [-0.15, -0.1) is 0 Å². The Morgan fingerprint density at radius 1 is 1.18 bits per heavy atom. The van der Waals surface area contributed by atoms with Crippen LogP contribution in [0.3, 0.4) is 0 Å². The van der Waals surface area contributed by atoms with E-state index >= 15 is 0 Å². The first-order valence-electron chi connectivity index (χ1n) is 6.29. The maximum absolute atomic E-state index is 12.6. The van der Waals surface area contributed by atoms with Crippen molar-refractivity contribution >= 4 is 23.2 Å². The Labute approximate surface area is 124 Å². The first-order valence-corrected chi connectivity index (χ1v) is 6.29. The van der Waals surface area contributed by atoms with Crippen molar-refractivity contribution in [1.29, 1.82) is 0 Å². The van der Waals surface area contributed by atoms with Gasteiger partial charge in [0.25, 0.3) is 0 Å². The molecule has 0 unspecified atom stereocenters. The third-order valence-corrected chi connectivity index (χ3v) is 2.93. The number of anilines is 3. The highest BCUT2D eigenvalue weighted by Gasteiger charge is 2.32. The molecule has 0 spiro atoms. The van der Waals surface area contributed by atoms with Gasteiger partial charge < -0.3 is 10.2 Å². The van der Waals surface area contributed by atoms with E-state index in [1.807, 2.05) is 0 Å². The minimum atomic E-state index is -4.52. The molecular formula is C14H13F3N4O. The van der Waals surface area contributed by atoms with Crippen molar-refractivity contribution in [2.75, 3.05) is 17.3 Å². The predicted octanol–water partition coefficient (Wildman–Crippen LogP) is 3.22. The van der Waals surface area contributed by atoms with E-state index in [2.05, 4.69) is 15.3 Å². The van der Waals surface area contributed by atoms with Gasteiger partial charge in [-0.05, 0) is 30.3 Å². The van der Waals surface area contributed by atoms with E-state index in [-0.39, 0.29) is 11.9 Å². The number of halogens is 3. The van der Waals surface area contributed by atoms with E-state index in [0.717, 1.165) is 12.3 Å². The maximum atomic E-state index is 12.6. The second-order valence-corrected chi connectivity index (χ2v) is 4.51. The fraction of sp³-hybridized carbons (Fsp3) is 0.214. The topological polar surface area (TPSA) is 58.1 Å². The summed E-state index contributed by atoms with van der Waals surface area (Å²) in [7, 11) is 1.63. The van der Waals surface area contributed by atoms with Crippen LogP contribution in [-0.4, -0.2) is 22.9 Å². The summed E-state index contributed by atoms with van der Waals surface area (Å²) in [6.07, 6.45) is -3.48. The molecule has 8 heteroatoms. The smallest absolute Gasteiger partial charge is 0.324 e. The van der Waals surface area contributed by atoms with Gasteiger partial charge in [0.15, 0.2) is 0 Å². The summed E-state index contributed by atoms with van der Waals surface area (Å²) in [6, 6.07) is 7.38. The summed E-state index contributed by atoms with van der Waals surface area (Å²) in [5, 5.41) is 2.69. The SMILES string of the molecule is CC(=O)N(C)c1ccc(Nc2nccc(C(F)(F)F)n2)cc1. The van der Waals surface area contributed by atoms with E-state index < -0.39 is 11.9 Å². The van der Waals surface area contributed by atoms with Crippen molar-refractivity contribution in [3.8, 4) is 0 Å². The summed E-state index contributed by atoms with van der Waals surface area (Å²) in [6.45, 7) is 1.43. The van der Waals surface area contributed by atoms with Crippen molar-refractivity contribution < 1.29 is 18.0 Å². The number of carbonyl (C=O) groups is 1. The minimum Gasteiger partial charge on any atom is -0.324 e. The van der Waals surface area contributed by atoms with Crippen LogP contribution < -0.4 is 10.2 Å². The third-order valence-electron chi connectivity index (χ3n) is 2.93.